The fraction of sp³-hybridized carbons (Fsp3) is 0.308. The Hall–Kier alpha value is -1.57. The van der Waals surface area contributed by atoms with Crippen LogP contribution in [0.4, 0.5) is 0 Å². The molecule has 0 radical (unpaired) electrons. The monoisotopic (exact) mass is 204 g/mol. The molecule has 0 fully saturated rings. The maximum Gasteiger partial charge on any atom is 0.307 e. The Kier molecular flexibility index (Phi) is 4.10. The van der Waals surface area contributed by atoms with Crippen LogP contribution in [-0.2, 0) is 16.0 Å². The lowest BCUT2D eigenvalue weighted by Gasteiger charge is -2.07. The number of esters is 1. The van der Waals surface area contributed by atoms with Crippen LogP contribution in [0.15, 0.2) is 41.7 Å². The van der Waals surface area contributed by atoms with Gasteiger partial charge in [-0.05, 0) is 31.4 Å². The van der Waals surface area contributed by atoms with Crippen LogP contribution < -0.4 is 0 Å². The van der Waals surface area contributed by atoms with Crippen molar-refractivity contribution in [2.45, 2.75) is 27.2 Å². The summed E-state index contributed by atoms with van der Waals surface area (Å²) in [4.78, 5) is 10.8. The summed E-state index contributed by atoms with van der Waals surface area (Å²) in [5, 5.41) is 0. The summed E-state index contributed by atoms with van der Waals surface area (Å²) in [5.41, 5.74) is 2.30. The lowest BCUT2D eigenvalue weighted by Crippen LogP contribution is -2.00. The van der Waals surface area contributed by atoms with E-state index in [1.54, 1.807) is 0 Å². The number of carbonyl (C=O) groups excluding carboxylic acids is 1. The number of hydrogen-bond acceptors (Lipinski definition) is 2. The minimum atomic E-state index is -0.264. The van der Waals surface area contributed by atoms with E-state index in [1.165, 1.54) is 12.5 Å². The molecule has 0 saturated heterocycles. The van der Waals surface area contributed by atoms with Gasteiger partial charge in [-0.3, -0.25) is 4.79 Å². The first-order valence-electron chi connectivity index (χ1n) is 4.98. The summed E-state index contributed by atoms with van der Waals surface area (Å²) in [6, 6.07) is 10.1. The SMILES string of the molecule is CC(=O)O/C(C)=C(/C)Cc1ccccc1. The van der Waals surface area contributed by atoms with E-state index in [-0.39, 0.29) is 5.97 Å². The standard InChI is InChI=1S/C13H16O2/c1-10(11(2)15-12(3)14)9-13-7-5-4-6-8-13/h4-8H,9H2,1-3H3/b11-10-. The lowest BCUT2D eigenvalue weighted by atomic mass is 10.1. The minimum absolute atomic E-state index is 0.264. The predicted molar refractivity (Wildman–Crippen MR) is 60.3 cm³/mol. The van der Waals surface area contributed by atoms with E-state index in [9.17, 15) is 4.79 Å². The Labute approximate surface area is 90.6 Å². The number of rotatable bonds is 3. The molecule has 0 N–H and O–H groups in total. The van der Waals surface area contributed by atoms with Gasteiger partial charge in [-0.1, -0.05) is 30.3 Å². The van der Waals surface area contributed by atoms with Crippen LogP contribution in [0.25, 0.3) is 0 Å². The van der Waals surface area contributed by atoms with Gasteiger partial charge in [-0.15, -0.1) is 0 Å². The molecule has 0 saturated carbocycles. The summed E-state index contributed by atoms with van der Waals surface area (Å²) in [6.45, 7) is 5.21. The molecule has 0 aliphatic rings. The molecule has 0 atom stereocenters. The fourth-order valence-electron chi connectivity index (χ4n) is 1.33. The highest BCUT2D eigenvalue weighted by Crippen LogP contribution is 2.12. The van der Waals surface area contributed by atoms with Gasteiger partial charge in [-0.25, -0.2) is 0 Å². The largest absolute Gasteiger partial charge is 0.432 e. The quantitative estimate of drug-likeness (QED) is 0.558. The Balaban J connectivity index is 2.69. The van der Waals surface area contributed by atoms with Crippen LogP contribution in [0.2, 0.25) is 0 Å². The highest BCUT2D eigenvalue weighted by molar-refractivity contribution is 5.67. The highest BCUT2D eigenvalue weighted by Gasteiger charge is 2.02. The maximum atomic E-state index is 10.8. The molecule has 0 unspecified atom stereocenters. The predicted octanol–water partition coefficient (Wildman–Crippen LogP) is 3.09. The van der Waals surface area contributed by atoms with Gasteiger partial charge in [0.2, 0.25) is 0 Å². The molecule has 0 amide bonds. The summed E-state index contributed by atoms with van der Waals surface area (Å²) in [7, 11) is 0. The van der Waals surface area contributed by atoms with E-state index in [4.69, 9.17) is 4.74 Å². The number of allylic oxidation sites excluding steroid dienone is 2. The van der Waals surface area contributed by atoms with Gasteiger partial charge in [-0.2, -0.15) is 0 Å². The molecule has 0 aliphatic heterocycles. The second kappa shape index (κ2) is 5.35. The summed E-state index contributed by atoms with van der Waals surface area (Å²) >= 11 is 0. The molecule has 0 aromatic heterocycles. The molecule has 80 valence electrons. The first kappa shape index (κ1) is 11.5. The van der Waals surface area contributed by atoms with Crippen molar-refractivity contribution < 1.29 is 9.53 Å². The van der Waals surface area contributed by atoms with Gasteiger partial charge in [0.05, 0.1) is 0 Å². The molecule has 1 rings (SSSR count). The van der Waals surface area contributed by atoms with E-state index in [2.05, 4.69) is 12.1 Å². The second-order valence-electron chi connectivity index (χ2n) is 3.59. The highest BCUT2D eigenvalue weighted by atomic mass is 16.5. The van der Waals surface area contributed by atoms with Crippen molar-refractivity contribution in [1.29, 1.82) is 0 Å². The molecule has 0 heterocycles. The normalized spacial score (nSPS) is 11.9. The van der Waals surface area contributed by atoms with Crippen LogP contribution in [0.3, 0.4) is 0 Å². The smallest absolute Gasteiger partial charge is 0.307 e. The van der Waals surface area contributed by atoms with Crippen LogP contribution in [0.5, 0.6) is 0 Å². The van der Waals surface area contributed by atoms with Gasteiger partial charge in [0.15, 0.2) is 0 Å². The van der Waals surface area contributed by atoms with E-state index in [0.717, 1.165) is 12.0 Å². The Morgan fingerprint density at radius 2 is 1.73 bits per heavy atom. The van der Waals surface area contributed by atoms with Crippen LogP contribution in [0.1, 0.15) is 26.3 Å². The second-order valence-corrected chi connectivity index (χ2v) is 3.59. The minimum Gasteiger partial charge on any atom is -0.432 e. The van der Waals surface area contributed by atoms with Crippen LogP contribution >= 0.6 is 0 Å². The third-order valence-corrected chi connectivity index (χ3v) is 2.21. The molecule has 15 heavy (non-hydrogen) atoms. The fourth-order valence-corrected chi connectivity index (χ4v) is 1.33. The first-order chi connectivity index (χ1) is 7.09. The molecular formula is C13H16O2. The molecule has 2 heteroatoms. The first-order valence-corrected chi connectivity index (χ1v) is 4.98. The van der Waals surface area contributed by atoms with E-state index < -0.39 is 0 Å². The number of benzene rings is 1. The van der Waals surface area contributed by atoms with Crippen LogP contribution in [0, 0.1) is 0 Å². The van der Waals surface area contributed by atoms with Gasteiger partial charge in [0, 0.05) is 6.92 Å². The molecule has 1 aromatic carbocycles. The third-order valence-electron chi connectivity index (χ3n) is 2.21. The van der Waals surface area contributed by atoms with Gasteiger partial charge >= 0.3 is 5.97 Å². The molecule has 1 aromatic rings. The zero-order valence-electron chi connectivity index (χ0n) is 9.41. The van der Waals surface area contributed by atoms with Crippen molar-refractivity contribution in [2.24, 2.45) is 0 Å². The third kappa shape index (κ3) is 3.98. The Morgan fingerprint density at radius 3 is 2.27 bits per heavy atom. The lowest BCUT2D eigenvalue weighted by molar-refractivity contribution is -0.136. The van der Waals surface area contributed by atoms with E-state index in [0.29, 0.717) is 5.76 Å². The van der Waals surface area contributed by atoms with Crippen molar-refractivity contribution in [1.82, 2.24) is 0 Å². The molecule has 0 aliphatic carbocycles. The summed E-state index contributed by atoms with van der Waals surface area (Å²) < 4.78 is 5.02. The van der Waals surface area contributed by atoms with Crippen molar-refractivity contribution in [3.8, 4) is 0 Å². The van der Waals surface area contributed by atoms with Crippen molar-refractivity contribution in [2.75, 3.05) is 0 Å². The molecule has 2 nitrogen and oxygen atoms in total. The molecule has 0 bridgehead atoms. The van der Waals surface area contributed by atoms with Crippen molar-refractivity contribution >= 4 is 5.97 Å². The van der Waals surface area contributed by atoms with Gasteiger partial charge < -0.3 is 4.74 Å². The summed E-state index contributed by atoms with van der Waals surface area (Å²) in [5.74, 6) is 0.436. The number of carbonyl (C=O) groups is 1. The molecule has 0 spiro atoms. The zero-order chi connectivity index (χ0) is 11.3. The Bertz CT molecular complexity index is 363. The van der Waals surface area contributed by atoms with Gasteiger partial charge in [0.25, 0.3) is 0 Å². The van der Waals surface area contributed by atoms with E-state index in [1.807, 2.05) is 32.0 Å². The van der Waals surface area contributed by atoms with E-state index >= 15 is 0 Å². The maximum absolute atomic E-state index is 10.8. The topological polar surface area (TPSA) is 26.3 Å². The van der Waals surface area contributed by atoms with Crippen LogP contribution in [-0.4, -0.2) is 5.97 Å². The van der Waals surface area contributed by atoms with Gasteiger partial charge in [0.1, 0.15) is 5.76 Å². The Morgan fingerprint density at radius 1 is 1.13 bits per heavy atom. The van der Waals surface area contributed by atoms with Crippen molar-refractivity contribution in [3.05, 3.63) is 47.2 Å². The average Bonchev–Trinajstić information content (AvgIpc) is 2.18. The number of hydrogen-bond donors (Lipinski definition) is 0. The molecular weight excluding hydrogens is 188 g/mol. The average molecular weight is 204 g/mol. The number of ether oxygens (including phenoxy) is 1. The van der Waals surface area contributed by atoms with Crippen molar-refractivity contribution in [3.63, 3.8) is 0 Å². The zero-order valence-corrected chi connectivity index (χ0v) is 9.41. The summed E-state index contributed by atoms with van der Waals surface area (Å²) in [6.07, 6.45) is 0.819.